The number of hydrogen-bond donors (Lipinski definition) is 1. The van der Waals surface area contributed by atoms with Gasteiger partial charge in [0.25, 0.3) is 5.91 Å². The normalized spacial score (nSPS) is 11.9. The van der Waals surface area contributed by atoms with E-state index in [-0.39, 0.29) is 5.91 Å². The van der Waals surface area contributed by atoms with E-state index in [1.54, 1.807) is 13.1 Å². The summed E-state index contributed by atoms with van der Waals surface area (Å²) in [6.07, 6.45) is 1.12. The molecule has 1 N–H and O–H groups in total. The monoisotopic (exact) mass is 370 g/mol. The molecule has 1 atom stereocenters. The molecule has 116 valence electrons. The zero-order valence-corrected chi connectivity index (χ0v) is 14.1. The highest BCUT2D eigenvalue weighted by Gasteiger charge is 2.16. The highest BCUT2D eigenvalue weighted by Crippen LogP contribution is 2.22. The van der Waals surface area contributed by atoms with E-state index in [9.17, 15) is 4.79 Å². The van der Waals surface area contributed by atoms with Crippen molar-refractivity contribution >= 4 is 38.4 Å². The van der Waals surface area contributed by atoms with Gasteiger partial charge in [-0.25, -0.2) is 0 Å². The molecule has 0 spiro atoms. The van der Waals surface area contributed by atoms with Gasteiger partial charge < -0.3 is 10.1 Å². The Balaban J connectivity index is 1.74. The number of nitrogens with zero attached hydrogens (tertiary/aromatic N) is 1. The fourth-order valence-electron chi connectivity index (χ4n) is 2.22. The Bertz CT molecular complexity index is 829. The van der Waals surface area contributed by atoms with Gasteiger partial charge in [0.05, 0.1) is 11.2 Å². The molecule has 3 aromatic rings. The van der Waals surface area contributed by atoms with Crippen molar-refractivity contribution in [2.75, 3.05) is 5.32 Å². The third kappa shape index (κ3) is 3.68. The number of fused-ring (bicyclic) bond motifs is 1. The molecule has 0 saturated carbocycles. The molecule has 0 fully saturated rings. The second-order valence-electron chi connectivity index (χ2n) is 5.08. The number of carbonyl (C=O) groups is 1. The lowest BCUT2D eigenvalue weighted by atomic mass is 10.2. The molecule has 0 bridgehead atoms. The van der Waals surface area contributed by atoms with Crippen molar-refractivity contribution in [2.24, 2.45) is 0 Å². The summed E-state index contributed by atoms with van der Waals surface area (Å²) in [6, 6.07) is 16.8. The van der Waals surface area contributed by atoms with Gasteiger partial charge in [-0.3, -0.25) is 9.78 Å². The van der Waals surface area contributed by atoms with Gasteiger partial charge in [-0.05, 0) is 55.5 Å². The summed E-state index contributed by atoms with van der Waals surface area (Å²) < 4.78 is 6.63. The number of halogens is 1. The topological polar surface area (TPSA) is 51.2 Å². The summed E-state index contributed by atoms with van der Waals surface area (Å²) in [6.45, 7) is 1.72. The second-order valence-corrected chi connectivity index (χ2v) is 5.99. The predicted octanol–water partition coefficient (Wildman–Crippen LogP) is 4.40. The molecule has 0 aliphatic rings. The number of benzene rings is 2. The fraction of sp³-hybridized carbons (Fsp3) is 0.111. The first kappa shape index (κ1) is 15.5. The molecule has 0 aliphatic heterocycles. The van der Waals surface area contributed by atoms with Crippen molar-refractivity contribution in [2.45, 2.75) is 13.0 Å². The van der Waals surface area contributed by atoms with Crippen molar-refractivity contribution < 1.29 is 9.53 Å². The Kier molecular flexibility index (Phi) is 4.57. The summed E-state index contributed by atoms with van der Waals surface area (Å²) >= 11 is 3.37. The average Bonchev–Trinajstić information content (AvgIpc) is 2.57. The van der Waals surface area contributed by atoms with Crippen LogP contribution >= 0.6 is 15.9 Å². The van der Waals surface area contributed by atoms with Gasteiger partial charge in [0, 0.05) is 16.1 Å². The summed E-state index contributed by atoms with van der Waals surface area (Å²) in [7, 11) is 0. The van der Waals surface area contributed by atoms with Crippen molar-refractivity contribution in [1.29, 1.82) is 0 Å². The second kappa shape index (κ2) is 6.79. The van der Waals surface area contributed by atoms with Gasteiger partial charge in [0.1, 0.15) is 5.75 Å². The van der Waals surface area contributed by atoms with Crippen LogP contribution in [0.5, 0.6) is 5.75 Å². The molecule has 5 heteroatoms. The molecule has 2 aromatic carbocycles. The number of aromatic nitrogens is 1. The van der Waals surface area contributed by atoms with Gasteiger partial charge in [-0.1, -0.05) is 22.0 Å². The number of rotatable bonds is 4. The average molecular weight is 371 g/mol. The van der Waals surface area contributed by atoms with Gasteiger partial charge in [-0.15, -0.1) is 0 Å². The Morgan fingerprint density at radius 1 is 1.13 bits per heavy atom. The molecule has 23 heavy (non-hydrogen) atoms. The standard InChI is InChI=1S/C18H15BrN2O2/c1-12(23-14-9-7-13(19)8-10-14)18(22)21-17-6-2-5-16-15(17)4-3-11-20-16/h2-12H,1H3,(H,21,22)/t12-/m1/s1. The summed E-state index contributed by atoms with van der Waals surface area (Å²) in [5.41, 5.74) is 1.57. The Morgan fingerprint density at radius 2 is 1.91 bits per heavy atom. The summed E-state index contributed by atoms with van der Waals surface area (Å²) in [4.78, 5) is 16.6. The van der Waals surface area contributed by atoms with Gasteiger partial charge in [0.15, 0.2) is 6.10 Å². The Morgan fingerprint density at radius 3 is 2.70 bits per heavy atom. The van der Waals surface area contributed by atoms with Crippen LogP contribution in [-0.4, -0.2) is 17.0 Å². The predicted molar refractivity (Wildman–Crippen MR) is 94.6 cm³/mol. The van der Waals surface area contributed by atoms with E-state index in [4.69, 9.17) is 4.74 Å². The zero-order valence-electron chi connectivity index (χ0n) is 12.5. The molecular weight excluding hydrogens is 356 g/mol. The molecule has 4 nitrogen and oxygen atoms in total. The molecule has 0 aliphatic carbocycles. The minimum absolute atomic E-state index is 0.204. The number of pyridine rings is 1. The molecule has 1 aromatic heterocycles. The molecule has 0 saturated heterocycles. The van der Waals surface area contributed by atoms with E-state index in [2.05, 4.69) is 26.2 Å². The summed E-state index contributed by atoms with van der Waals surface area (Å²) in [5, 5.41) is 3.81. The number of nitrogens with one attached hydrogen (secondary N) is 1. The highest BCUT2D eigenvalue weighted by atomic mass is 79.9. The van der Waals surface area contributed by atoms with Crippen LogP contribution in [0.25, 0.3) is 10.9 Å². The molecule has 0 radical (unpaired) electrons. The van der Waals surface area contributed by atoms with Crippen LogP contribution in [0.2, 0.25) is 0 Å². The Labute approximate surface area is 142 Å². The summed E-state index contributed by atoms with van der Waals surface area (Å²) in [5.74, 6) is 0.444. The third-order valence-electron chi connectivity index (χ3n) is 3.40. The number of hydrogen-bond acceptors (Lipinski definition) is 3. The number of anilines is 1. The van der Waals surface area contributed by atoms with Crippen LogP contribution in [0, 0.1) is 0 Å². The molecular formula is C18H15BrN2O2. The van der Waals surface area contributed by atoms with E-state index in [0.29, 0.717) is 5.75 Å². The van der Waals surface area contributed by atoms with E-state index in [1.807, 2.05) is 54.6 Å². The van der Waals surface area contributed by atoms with Crippen LogP contribution in [0.3, 0.4) is 0 Å². The maximum atomic E-state index is 12.4. The SMILES string of the molecule is C[C@@H](Oc1ccc(Br)cc1)C(=O)Nc1cccc2ncccc12. The first-order chi connectivity index (χ1) is 11.1. The Hall–Kier alpha value is -2.40. The lowest BCUT2D eigenvalue weighted by Crippen LogP contribution is -2.30. The first-order valence-corrected chi connectivity index (χ1v) is 7.99. The zero-order chi connectivity index (χ0) is 16.2. The van der Waals surface area contributed by atoms with E-state index in [0.717, 1.165) is 21.1 Å². The van der Waals surface area contributed by atoms with E-state index >= 15 is 0 Å². The largest absolute Gasteiger partial charge is 0.481 e. The number of carbonyl (C=O) groups excluding carboxylic acids is 1. The lowest BCUT2D eigenvalue weighted by molar-refractivity contribution is -0.122. The quantitative estimate of drug-likeness (QED) is 0.740. The van der Waals surface area contributed by atoms with Gasteiger partial charge >= 0.3 is 0 Å². The third-order valence-corrected chi connectivity index (χ3v) is 3.93. The molecule has 0 unspecified atom stereocenters. The molecule has 3 rings (SSSR count). The number of ether oxygens (including phenoxy) is 1. The van der Waals surface area contributed by atoms with Crippen LogP contribution in [0.4, 0.5) is 5.69 Å². The van der Waals surface area contributed by atoms with Crippen molar-refractivity contribution in [3.8, 4) is 5.75 Å². The van der Waals surface area contributed by atoms with Crippen LogP contribution < -0.4 is 10.1 Å². The fourth-order valence-corrected chi connectivity index (χ4v) is 2.48. The lowest BCUT2D eigenvalue weighted by Gasteiger charge is -2.15. The van der Waals surface area contributed by atoms with Crippen molar-refractivity contribution in [1.82, 2.24) is 4.98 Å². The van der Waals surface area contributed by atoms with Crippen LogP contribution in [0.15, 0.2) is 65.3 Å². The van der Waals surface area contributed by atoms with E-state index in [1.165, 1.54) is 0 Å². The van der Waals surface area contributed by atoms with Crippen LogP contribution in [0.1, 0.15) is 6.92 Å². The minimum atomic E-state index is -0.608. The number of amides is 1. The molecule has 1 heterocycles. The van der Waals surface area contributed by atoms with E-state index < -0.39 is 6.10 Å². The molecule has 1 amide bonds. The highest BCUT2D eigenvalue weighted by molar-refractivity contribution is 9.10. The first-order valence-electron chi connectivity index (χ1n) is 7.20. The van der Waals surface area contributed by atoms with Gasteiger partial charge in [-0.2, -0.15) is 0 Å². The van der Waals surface area contributed by atoms with Gasteiger partial charge in [0.2, 0.25) is 0 Å². The minimum Gasteiger partial charge on any atom is -0.481 e. The maximum Gasteiger partial charge on any atom is 0.265 e. The van der Waals surface area contributed by atoms with Crippen LogP contribution in [-0.2, 0) is 4.79 Å². The van der Waals surface area contributed by atoms with Crippen molar-refractivity contribution in [3.05, 3.63) is 65.3 Å². The maximum absolute atomic E-state index is 12.4. The van der Waals surface area contributed by atoms with Crippen molar-refractivity contribution in [3.63, 3.8) is 0 Å². The smallest absolute Gasteiger partial charge is 0.265 e.